The molecule has 146 valence electrons. The van der Waals surface area contributed by atoms with E-state index in [2.05, 4.69) is 5.32 Å². The average Bonchev–Trinajstić information content (AvgIpc) is 3.19. The van der Waals surface area contributed by atoms with Crippen molar-refractivity contribution in [3.63, 3.8) is 0 Å². The lowest BCUT2D eigenvalue weighted by molar-refractivity contribution is 0.0989. The third kappa shape index (κ3) is 3.85. The monoisotopic (exact) mass is 386 g/mol. The zero-order chi connectivity index (χ0) is 20.2. The number of fused-ring (bicyclic) bond motifs is 1. The Morgan fingerprint density at radius 2 is 1.72 bits per heavy atom. The first-order valence-electron chi connectivity index (χ1n) is 9.70. The van der Waals surface area contributed by atoms with Crippen LogP contribution in [0.1, 0.15) is 33.2 Å². The smallest absolute Gasteiger partial charge is 0.258 e. The van der Waals surface area contributed by atoms with Crippen LogP contribution in [0.25, 0.3) is 0 Å². The highest BCUT2D eigenvalue weighted by Gasteiger charge is 2.25. The first kappa shape index (κ1) is 18.7. The Morgan fingerprint density at radius 3 is 2.59 bits per heavy atom. The van der Waals surface area contributed by atoms with Crippen LogP contribution in [0.3, 0.4) is 0 Å². The molecule has 0 bridgehead atoms. The maximum absolute atomic E-state index is 13.1. The molecule has 3 aromatic rings. The van der Waals surface area contributed by atoms with Crippen molar-refractivity contribution in [2.75, 3.05) is 23.4 Å². The largest absolute Gasteiger partial charge is 0.492 e. The summed E-state index contributed by atoms with van der Waals surface area (Å²) in [5.74, 6) is 0.234. The lowest BCUT2D eigenvalue weighted by Crippen LogP contribution is -2.29. The number of carbonyl (C=O) groups is 2. The number of ether oxygens (including phenoxy) is 1. The van der Waals surface area contributed by atoms with E-state index < -0.39 is 0 Å². The van der Waals surface area contributed by atoms with Gasteiger partial charge in [-0.1, -0.05) is 36.4 Å². The summed E-state index contributed by atoms with van der Waals surface area (Å²) in [5, 5.41) is 2.87. The summed E-state index contributed by atoms with van der Waals surface area (Å²) in [6.45, 7) is 3.05. The summed E-state index contributed by atoms with van der Waals surface area (Å²) >= 11 is 0. The van der Waals surface area contributed by atoms with E-state index in [-0.39, 0.29) is 11.8 Å². The van der Waals surface area contributed by atoms with Gasteiger partial charge in [0.25, 0.3) is 11.8 Å². The van der Waals surface area contributed by atoms with Crippen molar-refractivity contribution >= 4 is 23.2 Å². The molecule has 0 fully saturated rings. The number of carbonyl (C=O) groups excluding carboxylic acids is 2. The number of hydrogen-bond acceptors (Lipinski definition) is 3. The highest BCUT2D eigenvalue weighted by Crippen LogP contribution is 2.29. The van der Waals surface area contributed by atoms with Gasteiger partial charge >= 0.3 is 0 Å². The molecule has 1 heterocycles. The van der Waals surface area contributed by atoms with Gasteiger partial charge < -0.3 is 15.0 Å². The minimum absolute atomic E-state index is 0.0979. The highest BCUT2D eigenvalue weighted by molar-refractivity contribution is 6.10. The fraction of sp³-hybridized carbons (Fsp3) is 0.167. The van der Waals surface area contributed by atoms with E-state index in [1.165, 1.54) is 5.56 Å². The van der Waals surface area contributed by atoms with Crippen LogP contribution in [0, 0.1) is 0 Å². The number of nitrogens with zero attached hydrogens (tertiary/aromatic N) is 1. The number of para-hydroxylation sites is 3. The normalized spacial score (nSPS) is 12.4. The molecule has 1 aliphatic rings. The van der Waals surface area contributed by atoms with Crippen molar-refractivity contribution in [1.29, 1.82) is 0 Å². The van der Waals surface area contributed by atoms with Crippen LogP contribution in [-0.2, 0) is 6.42 Å². The van der Waals surface area contributed by atoms with Gasteiger partial charge in [-0.2, -0.15) is 0 Å². The molecule has 0 saturated carbocycles. The molecule has 5 nitrogen and oxygen atoms in total. The Hall–Kier alpha value is -3.60. The first-order valence-corrected chi connectivity index (χ1v) is 9.70. The molecule has 0 spiro atoms. The molecular formula is C24H22N2O3. The van der Waals surface area contributed by atoms with Crippen molar-refractivity contribution in [3.05, 3.63) is 89.5 Å². The van der Waals surface area contributed by atoms with Crippen LogP contribution in [0.5, 0.6) is 5.75 Å². The van der Waals surface area contributed by atoms with E-state index in [4.69, 9.17) is 4.74 Å². The number of rotatable bonds is 5. The zero-order valence-electron chi connectivity index (χ0n) is 16.2. The number of anilines is 2. The van der Waals surface area contributed by atoms with Gasteiger partial charge in [0, 0.05) is 23.4 Å². The van der Waals surface area contributed by atoms with E-state index in [1.807, 2.05) is 49.4 Å². The average molecular weight is 386 g/mol. The topological polar surface area (TPSA) is 58.6 Å². The second kappa shape index (κ2) is 8.19. The third-order valence-corrected chi connectivity index (χ3v) is 4.94. The number of amides is 2. The van der Waals surface area contributed by atoms with Gasteiger partial charge in [-0.25, -0.2) is 0 Å². The van der Waals surface area contributed by atoms with E-state index in [0.717, 1.165) is 12.1 Å². The molecule has 29 heavy (non-hydrogen) atoms. The first-order chi connectivity index (χ1) is 14.2. The summed E-state index contributed by atoms with van der Waals surface area (Å²) in [6, 6.07) is 22.0. The lowest BCUT2D eigenvalue weighted by Gasteiger charge is -2.18. The summed E-state index contributed by atoms with van der Waals surface area (Å²) in [6.07, 6.45) is 0.844. The van der Waals surface area contributed by atoms with Gasteiger partial charge in [-0.05, 0) is 55.3 Å². The standard InChI is InChI=1S/C24H22N2O3/c1-2-29-22-13-6-4-11-20(22)25-23(27)18-9-7-10-19(16-18)24(28)26-15-14-17-8-3-5-12-21(17)26/h3-13,16H,2,14-15H2,1H3,(H,25,27). The quantitative estimate of drug-likeness (QED) is 0.700. The SMILES string of the molecule is CCOc1ccccc1NC(=O)c1cccc(C(=O)N2CCc3ccccc32)c1. The second-order valence-electron chi connectivity index (χ2n) is 6.80. The maximum Gasteiger partial charge on any atom is 0.258 e. The molecule has 1 aliphatic heterocycles. The van der Waals surface area contributed by atoms with Crippen molar-refractivity contribution in [2.24, 2.45) is 0 Å². The number of hydrogen-bond donors (Lipinski definition) is 1. The fourth-order valence-corrected chi connectivity index (χ4v) is 3.54. The van der Waals surface area contributed by atoms with Gasteiger partial charge in [0.05, 0.1) is 12.3 Å². The van der Waals surface area contributed by atoms with Gasteiger partial charge in [-0.15, -0.1) is 0 Å². The summed E-state index contributed by atoms with van der Waals surface area (Å²) in [4.78, 5) is 27.6. The molecule has 0 atom stereocenters. The molecule has 0 aromatic heterocycles. The predicted octanol–water partition coefficient (Wildman–Crippen LogP) is 4.54. The van der Waals surface area contributed by atoms with Gasteiger partial charge in [0.1, 0.15) is 5.75 Å². The van der Waals surface area contributed by atoms with Gasteiger partial charge in [-0.3, -0.25) is 9.59 Å². The van der Waals surface area contributed by atoms with E-state index in [1.54, 1.807) is 35.2 Å². The molecule has 0 aliphatic carbocycles. The van der Waals surface area contributed by atoms with Crippen molar-refractivity contribution in [1.82, 2.24) is 0 Å². The Balaban J connectivity index is 1.55. The van der Waals surface area contributed by atoms with Crippen LogP contribution in [0.2, 0.25) is 0 Å². The van der Waals surface area contributed by atoms with Crippen LogP contribution >= 0.6 is 0 Å². The minimum Gasteiger partial charge on any atom is -0.492 e. The maximum atomic E-state index is 13.1. The number of nitrogens with one attached hydrogen (secondary N) is 1. The highest BCUT2D eigenvalue weighted by atomic mass is 16.5. The molecule has 5 heteroatoms. The minimum atomic E-state index is -0.284. The van der Waals surface area contributed by atoms with E-state index in [0.29, 0.717) is 35.7 Å². The summed E-state index contributed by atoms with van der Waals surface area (Å²) < 4.78 is 5.56. The van der Waals surface area contributed by atoms with E-state index in [9.17, 15) is 9.59 Å². The Bertz CT molecular complexity index is 1060. The number of benzene rings is 3. The van der Waals surface area contributed by atoms with Gasteiger partial charge in [0.15, 0.2) is 0 Å². The molecule has 3 aromatic carbocycles. The van der Waals surface area contributed by atoms with Gasteiger partial charge in [0.2, 0.25) is 0 Å². The Kier molecular flexibility index (Phi) is 5.29. The van der Waals surface area contributed by atoms with Crippen molar-refractivity contribution in [2.45, 2.75) is 13.3 Å². The Labute approximate surface area is 169 Å². The molecular weight excluding hydrogens is 364 g/mol. The third-order valence-electron chi connectivity index (χ3n) is 4.94. The predicted molar refractivity (Wildman–Crippen MR) is 114 cm³/mol. The molecule has 1 N–H and O–H groups in total. The van der Waals surface area contributed by atoms with Crippen molar-refractivity contribution in [3.8, 4) is 5.75 Å². The zero-order valence-corrected chi connectivity index (χ0v) is 16.2. The molecule has 0 unspecified atom stereocenters. The summed E-state index contributed by atoms with van der Waals surface area (Å²) in [5.41, 5.74) is 3.63. The second-order valence-corrected chi connectivity index (χ2v) is 6.80. The molecule has 0 saturated heterocycles. The summed E-state index contributed by atoms with van der Waals surface area (Å²) in [7, 11) is 0. The van der Waals surface area contributed by atoms with Crippen LogP contribution in [0.15, 0.2) is 72.8 Å². The molecule has 2 amide bonds. The van der Waals surface area contributed by atoms with Crippen LogP contribution in [-0.4, -0.2) is 25.0 Å². The van der Waals surface area contributed by atoms with Crippen LogP contribution in [0.4, 0.5) is 11.4 Å². The molecule has 0 radical (unpaired) electrons. The van der Waals surface area contributed by atoms with E-state index >= 15 is 0 Å². The Morgan fingerprint density at radius 1 is 0.966 bits per heavy atom. The molecule has 4 rings (SSSR count). The van der Waals surface area contributed by atoms with Crippen LogP contribution < -0.4 is 15.0 Å². The van der Waals surface area contributed by atoms with Crippen molar-refractivity contribution < 1.29 is 14.3 Å². The fourth-order valence-electron chi connectivity index (χ4n) is 3.54. The lowest BCUT2D eigenvalue weighted by atomic mass is 10.1.